The number of hydrogen-bond donors (Lipinski definition) is 1. The van der Waals surface area contributed by atoms with E-state index in [9.17, 15) is 18.3 Å². The van der Waals surface area contributed by atoms with E-state index in [4.69, 9.17) is 4.42 Å². The Morgan fingerprint density at radius 3 is 1.85 bits per heavy atom. The SMILES string of the molecule is CC(C)N(Cc1cccc(F)c1)Cc1ccc(C(O)(c2cccc(F)c2)c2cccc(F)c2)o1. The fourth-order valence-electron chi connectivity index (χ4n) is 4.03. The first-order valence-corrected chi connectivity index (χ1v) is 11.1. The molecule has 34 heavy (non-hydrogen) atoms. The van der Waals surface area contributed by atoms with Crippen LogP contribution in [0.2, 0.25) is 0 Å². The van der Waals surface area contributed by atoms with E-state index in [1.54, 1.807) is 30.3 Å². The zero-order valence-electron chi connectivity index (χ0n) is 19.0. The second-order valence-corrected chi connectivity index (χ2v) is 8.63. The fraction of sp³-hybridized carbons (Fsp3) is 0.214. The third-order valence-electron chi connectivity index (χ3n) is 5.87. The van der Waals surface area contributed by atoms with Crippen LogP contribution in [0.25, 0.3) is 0 Å². The number of furan rings is 1. The summed E-state index contributed by atoms with van der Waals surface area (Å²) < 4.78 is 47.8. The summed E-state index contributed by atoms with van der Waals surface area (Å²) in [5, 5.41) is 11.8. The minimum absolute atomic E-state index is 0.127. The van der Waals surface area contributed by atoms with Gasteiger partial charge in [-0.1, -0.05) is 36.4 Å². The molecule has 0 atom stereocenters. The van der Waals surface area contributed by atoms with Crippen LogP contribution in [-0.4, -0.2) is 16.0 Å². The van der Waals surface area contributed by atoms with Crippen molar-refractivity contribution in [2.45, 2.75) is 38.6 Å². The van der Waals surface area contributed by atoms with Gasteiger partial charge in [0.1, 0.15) is 29.0 Å². The summed E-state index contributed by atoms with van der Waals surface area (Å²) in [5.41, 5.74) is -0.622. The van der Waals surface area contributed by atoms with E-state index in [-0.39, 0.29) is 28.7 Å². The first-order chi connectivity index (χ1) is 16.3. The van der Waals surface area contributed by atoms with Crippen LogP contribution in [0.15, 0.2) is 89.3 Å². The van der Waals surface area contributed by atoms with Crippen molar-refractivity contribution in [1.29, 1.82) is 0 Å². The lowest BCUT2D eigenvalue weighted by atomic mass is 9.84. The van der Waals surface area contributed by atoms with Crippen LogP contribution in [0.5, 0.6) is 0 Å². The van der Waals surface area contributed by atoms with Gasteiger partial charge in [0.2, 0.25) is 0 Å². The molecule has 0 bridgehead atoms. The van der Waals surface area contributed by atoms with Gasteiger partial charge in [-0.2, -0.15) is 0 Å². The predicted molar refractivity (Wildman–Crippen MR) is 124 cm³/mol. The van der Waals surface area contributed by atoms with Gasteiger partial charge in [-0.15, -0.1) is 0 Å². The monoisotopic (exact) mass is 465 g/mol. The van der Waals surface area contributed by atoms with Crippen LogP contribution in [0.3, 0.4) is 0 Å². The van der Waals surface area contributed by atoms with E-state index in [1.807, 2.05) is 19.9 Å². The van der Waals surface area contributed by atoms with E-state index in [0.717, 1.165) is 5.56 Å². The largest absolute Gasteiger partial charge is 0.461 e. The fourth-order valence-corrected chi connectivity index (χ4v) is 4.03. The summed E-state index contributed by atoms with van der Waals surface area (Å²) in [5.74, 6) is -0.642. The summed E-state index contributed by atoms with van der Waals surface area (Å²) in [6, 6.07) is 21.0. The summed E-state index contributed by atoms with van der Waals surface area (Å²) in [6.45, 7) is 4.96. The lowest BCUT2D eigenvalue weighted by molar-refractivity contribution is 0.0934. The maximum Gasteiger partial charge on any atom is 0.173 e. The molecule has 4 aromatic rings. The van der Waals surface area contributed by atoms with Crippen LogP contribution < -0.4 is 0 Å². The van der Waals surface area contributed by atoms with Crippen molar-refractivity contribution in [3.63, 3.8) is 0 Å². The Labute approximate surface area is 197 Å². The van der Waals surface area contributed by atoms with Crippen LogP contribution in [0, 0.1) is 17.5 Å². The predicted octanol–water partition coefficient (Wildman–Crippen LogP) is 6.39. The highest BCUT2D eigenvalue weighted by atomic mass is 19.1. The molecule has 1 N–H and O–H groups in total. The Hall–Kier alpha value is -3.35. The standard InChI is InChI=1S/C28H26F3NO2/c1-19(2)32(17-20-6-3-9-23(29)14-20)18-26-12-13-27(34-26)28(33,21-7-4-10-24(30)15-21)22-8-5-11-25(31)16-22/h3-16,19,33H,17-18H2,1-2H3. The molecule has 0 aliphatic heterocycles. The van der Waals surface area contributed by atoms with Crippen molar-refractivity contribution in [3.8, 4) is 0 Å². The van der Waals surface area contributed by atoms with Crippen molar-refractivity contribution in [3.05, 3.63) is 131 Å². The van der Waals surface area contributed by atoms with E-state index < -0.39 is 17.2 Å². The van der Waals surface area contributed by atoms with Gasteiger partial charge >= 0.3 is 0 Å². The number of benzene rings is 3. The Bertz CT molecular complexity index is 1220. The molecule has 4 rings (SSSR count). The molecule has 0 saturated carbocycles. The molecule has 6 heteroatoms. The smallest absolute Gasteiger partial charge is 0.173 e. The molecule has 3 aromatic carbocycles. The molecule has 0 aliphatic rings. The lowest BCUT2D eigenvalue weighted by Gasteiger charge is -2.28. The Morgan fingerprint density at radius 2 is 1.32 bits per heavy atom. The topological polar surface area (TPSA) is 36.6 Å². The molecule has 176 valence electrons. The number of nitrogens with zero attached hydrogens (tertiary/aromatic N) is 1. The maximum absolute atomic E-state index is 14.1. The first-order valence-electron chi connectivity index (χ1n) is 11.1. The van der Waals surface area contributed by atoms with Crippen molar-refractivity contribution >= 4 is 0 Å². The van der Waals surface area contributed by atoms with Gasteiger partial charge in [0.05, 0.1) is 6.54 Å². The molecule has 3 nitrogen and oxygen atoms in total. The zero-order valence-corrected chi connectivity index (χ0v) is 19.0. The molecule has 1 aromatic heterocycles. The summed E-state index contributed by atoms with van der Waals surface area (Å²) in [7, 11) is 0. The van der Waals surface area contributed by atoms with Gasteiger partial charge in [-0.25, -0.2) is 13.2 Å². The third kappa shape index (κ3) is 5.08. The van der Waals surface area contributed by atoms with Gasteiger partial charge in [0, 0.05) is 12.6 Å². The Kier molecular flexibility index (Phi) is 6.91. The average Bonchev–Trinajstić information content (AvgIpc) is 3.27. The molecule has 0 saturated heterocycles. The molecule has 0 aliphatic carbocycles. The van der Waals surface area contributed by atoms with Crippen molar-refractivity contribution in [2.24, 2.45) is 0 Å². The van der Waals surface area contributed by atoms with E-state index in [0.29, 0.717) is 18.8 Å². The number of halogens is 3. The average molecular weight is 466 g/mol. The molecule has 0 radical (unpaired) electrons. The highest BCUT2D eigenvalue weighted by molar-refractivity contribution is 5.44. The Balaban J connectivity index is 1.69. The molecule has 0 spiro atoms. The quantitative estimate of drug-likeness (QED) is 0.328. The summed E-state index contributed by atoms with van der Waals surface area (Å²) in [4.78, 5) is 2.10. The molecule has 0 fully saturated rings. The van der Waals surface area contributed by atoms with Gasteiger partial charge in [-0.05, 0) is 79.1 Å². The first kappa shape index (κ1) is 23.8. The minimum atomic E-state index is -1.90. The van der Waals surface area contributed by atoms with Crippen molar-refractivity contribution < 1.29 is 22.7 Å². The number of hydrogen-bond acceptors (Lipinski definition) is 3. The minimum Gasteiger partial charge on any atom is -0.461 e. The van der Waals surface area contributed by atoms with E-state index >= 15 is 0 Å². The van der Waals surface area contributed by atoms with Crippen LogP contribution in [0.1, 0.15) is 42.1 Å². The van der Waals surface area contributed by atoms with Gasteiger partial charge in [-0.3, -0.25) is 4.90 Å². The molecule has 1 heterocycles. The summed E-state index contributed by atoms with van der Waals surface area (Å²) >= 11 is 0. The van der Waals surface area contributed by atoms with Crippen LogP contribution in [0.4, 0.5) is 13.2 Å². The molecule has 0 amide bonds. The second kappa shape index (κ2) is 9.87. The van der Waals surface area contributed by atoms with Gasteiger partial charge in [0.25, 0.3) is 0 Å². The molecular weight excluding hydrogens is 439 g/mol. The number of rotatable bonds is 8. The molecule has 0 unspecified atom stereocenters. The molecular formula is C28H26F3NO2. The highest BCUT2D eigenvalue weighted by Gasteiger charge is 2.38. The third-order valence-corrected chi connectivity index (χ3v) is 5.87. The van der Waals surface area contributed by atoms with Crippen molar-refractivity contribution in [2.75, 3.05) is 0 Å². The van der Waals surface area contributed by atoms with Crippen LogP contribution >= 0.6 is 0 Å². The van der Waals surface area contributed by atoms with Crippen molar-refractivity contribution in [1.82, 2.24) is 4.90 Å². The lowest BCUT2D eigenvalue weighted by Crippen LogP contribution is -2.30. The van der Waals surface area contributed by atoms with E-state index in [2.05, 4.69) is 4.90 Å². The Morgan fingerprint density at radius 1 is 0.765 bits per heavy atom. The maximum atomic E-state index is 14.1. The normalized spacial score (nSPS) is 12.0. The zero-order chi connectivity index (χ0) is 24.3. The van der Waals surface area contributed by atoms with Gasteiger partial charge < -0.3 is 9.52 Å². The highest BCUT2D eigenvalue weighted by Crippen LogP contribution is 2.38. The van der Waals surface area contributed by atoms with E-state index in [1.165, 1.54) is 48.5 Å². The van der Waals surface area contributed by atoms with Gasteiger partial charge in [0.15, 0.2) is 5.60 Å². The number of aliphatic hydroxyl groups is 1. The summed E-state index contributed by atoms with van der Waals surface area (Å²) in [6.07, 6.45) is 0. The second-order valence-electron chi connectivity index (χ2n) is 8.63. The van der Waals surface area contributed by atoms with Crippen LogP contribution in [-0.2, 0) is 18.7 Å².